The Bertz CT molecular complexity index is 455. The fraction of sp³-hybridized carbons (Fsp3) is 0.562. The monoisotopic (exact) mass is 278 g/mol. The molecule has 0 aliphatic carbocycles. The fourth-order valence-corrected chi connectivity index (χ4v) is 2.63. The summed E-state index contributed by atoms with van der Waals surface area (Å²) in [5.41, 5.74) is -0.676. The number of halogens is 1. The smallest absolute Gasteiger partial charge is 0.260 e. The molecule has 1 atom stereocenters. The van der Waals surface area contributed by atoms with Gasteiger partial charge in [-0.1, -0.05) is 30.3 Å². The van der Waals surface area contributed by atoms with Crippen molar-refractivity contribution in [1.29, 1.82) is 0 Å². The number of carbonyl (C=O) groups excluding carboxylic acids is 1. The zero-order valence-corrected chi connectivity index (χ0v) is 12.5. The summed E-state index contributed by atoms with van der Waals surface area (Å²) in [6.07, 6.45) is 0.572. The number of benzene rings is 1. The predicted octanol–water partition coefficient (Wildman–Crippen LogP) is 2.64. The van der Waals surface area contributed by atoms with E-state index in [2.05, 4.69) is 4.90 Å². The average Bonchev–Trinajstić information content (AvgIpc) is 2.49. The second kappa shape index (κ2) is 5.92. The first-order valence-electron chi connectivity index (χ1n) is 7.14. The van der Waals surface area contributed by atoms with Gasteiger partial charge in [0.1, 0.15) is 0 Å². The summed E-state index contributed by atoms with van der Waals surface area (Å²) in [6, 6.07) is 9.62. The quantitative estimate of drug-likeness (QED) is 0.848. The van der Waals surface area contributed by atoms with E-state index in [-0.39, 0.29) is 24.8 Å². The van der Waals surface area contributed by atoms with E-state index in [0.717, 1.165) is 5.56 Å². The van der Waals surface area contributed by atoms with Gasteiger partial charge < -0.3 is 9.80 Å². The van der Waals surface area contributed by atoms with Gasteiger partial charge in [-0.05, 0) is 19.5 Å². The molecule has 1 aromatic rings. The number of alkyl halides is 1. The summed E-state index contributed by atoms with van der Waals surface area (Å²) in [5.74, 6) is -0.387. The third kappa shape index (κ3) is 3.01. The highest BCUT2D eigenvalue weighted by atomic mass is 19.1. The highest BCUT2D eigenvalue weighted by Crippen LogP contribution is 2.31. The number of piperidine rings is 1. The number of rotatable bonds is 3. The van der Waals surface area contributed by atoms with Gasteiger partial charge >= 0.3 is 0 Å². The molecule has 1 aliphatic rings. The number of carbonyl (C=O) groups is 1. The number of likely N-dealkylation sites (tertiary alicyclic amines) is 1. The minimum absolute atomic E-state index is 0.115. The maximum absolute atomic E-state index is 14.8. The van der Waals surface area contributed by atoms with Crippen molar-refractivity contribution in [1.82, 2.24) is 9.80 Å². The van der Waals surface area contributed by atoms with Gasteiger partial charge in [0.15, 0.2) is 5.67 Å². The SMILES string of the molecule is CC(c1ccccc1)N(C)C(=O)C1(F)CCN(C)CC1. The molecule has 1 unspecified atom stereocenters. The van der Waals surface area contributed by atoms with Crippen molar-refractivity contribution in [3.05, 3.63) is 35.9 Å². The van der Waals surface area contributed by atoms with Crippen molar-refractivity contribution >= 4 is 5.91 Å². The largest absolute Gasteiger partial charge is 0.336 e. The molecule has 0 N–H and O–H groups in total. The van der Waals surface area contributed by atoms with E-state index in [0.29, 0.717) is 13.1 Å². The van der Waals surface area contributed by atoms with E-state index < -0.39 is 5.67 Å². The molecule has 1 fully saturated rings. The number of amides is 1. The highest BCUT2D eigenvalue weighted by molar-refractivity contribution is 5.85. The van der Waals surface area contributed by atoms with Crippen LogP contribution in [0.3, 0.4) is 0 Å². The van der Waals surface area contributed by atoms with Crippen LogP contribution in [0.5, 0.6) is 0 Å². The van der Waals surface area contributed by atoms with E-state index in [1.165, 1.54) is 0 Å². The first-order valence-corrected chi connectivity index (χ1v) is 7.14. The molecule has 4 heteroatoms. The molecular formula is C16H23FN2O. The molecule has 1 amide bonds. The van der Waals surface area contributed by atoms with Gasteiger partial charge in [0.25, 0.3) is 5.91 Å². The highest BCUT2D eigenvalue weighted by Gasteiger charge is 2.43. The minimum atomic E-state index is -1.70. The van der Waals surface area contributed by atoms with E-state index >= 15 is 0 Å². The van der Waals surface area contributed by atoms with Crippen LogP contribution >= 0.6 is 0 Å². The lowest BCUT2D eigenvalue weighted by molar-refractivity contribution is -0.147. The van der Waals surface area contributed by atoms with E-state index in [4.69, 9.17) is 0 Å². The van der Waals surface area contributed by atoms with Crippen molar-refractivity contribution in [3.63, 3.8) is 0 Å². The van der Waals surface area contributed by atoms with Crippen molar-refractivity contribution < 1.29 is 9.18 Å². The van der Waals surface area contributed by atoms with Crippen LogP contribution in [0.25, 0.3) is 0 Å². The van der Waals surface area contributed by atoms with Crippen LogP contribution in [0.2, 0.25) is 0 Å². The minimum Gasteiger partial charge on any atom is -0.336 e. The van der Waals surface area contributed by atoms with Crippen LogP contribution < -0.4 is 0 Å². The maximum Gasteiger partial charge on any atom is 0.260 e. The summed E-state index contributed by atoms with van der Waals surface area (Å²) in [7, 11) is 3.65. The van der Waals surface area contributed by atoms with Gasteiger partial charge in [0.2, 0.25) is 0 Å². The fourth-order valence-electron chi connectivity index (χ4n) is 2.63. The average molecular weight is 278 g/mol. The van der Waals surface area contributed by atoms with Gasteiger partial charge in [-0.25, -0.2) is 4.39 Å². The standard InChI is InChI=1S/C16H23FN2O/c1-13(14-7-5-4-6-8-14)19(3)15(20)16(17)9-11-18(2)12-10-16/h4-8,13H,9-12H2,1-3H3. The van der Waals surface area contributed by atoms with E-state index in [9.17, 15) is 9.18 Å². The van der Waals surface area contributed by atoms with E-state index in [1.807, 2.05) is 44.3 Å². The van der Waals surface area contributed by atoms with Crippen LogP contribution in [0, 0.1) is 0 Å². The van der Waals surface area contributed by atoms with Gasteiger partial charge in [0.05, 0.1) is 6.04 Å². The van der Waals surface area contributed by atoms with Crippen molar-refractivity contribution in [2.24, 2.45) is 0 Å². The molecule has 1 saturated heterocycles. The lowest BCUT2D eigenvalue weighted by atomic mass is 9.91. The Kier molecular flexibility index (Phi) is 4.43. The third-order valence-corrected chi connectivity index (χ3v) is 4.35. The molecule has 1 heterocycles. The van der Waals surface area contributed by atoms with Gasteiger partial charge in [-0.15, -0.1) is 0 Å². The second-order valence-corrected chi connectivity index (χ2v) is 5.77. The van der Waals surface area contributed by atoms with Crippen LogP contribution in [0.4, 0.5) is 4.39 Å². The summed E-state index contributed by atoms with van der Waals surface area (Å²) < 4.78 is 14.8. The zero-order chi connectivity index (χ0) is 14.8. The summed E-state index contributed by atoms with van der Waals surface area (Å²) in [4.78, 5) is 16.1. The molecule has 110 valence electrons. The first kappa shape index (κ1) is 15.0. The molecule has 0 saturated carbocycles. The van der Waals surface area contributed by atoms with Crippen LogP contribution in [-0.4, -0.2) is 48.6 Å². The maximum atomic E-state index is 14.8. The third-order valence-electron chi connectivity index (χ3n) is 4.35. The molecule has 20 heavy (non-hydrogen) atoms. The normalized spacial score (nSPS) is 20.4. The molecule has 0 radical (unpaired) electrons. The van der Waals surface area contributed by atoms with Crippen LogP contribution in [0.15, 0.2) is 30.3 Å². The lowest BCUT2D eigenvalue weighted by Crippen LogP contribution is -2.51. The molecule has 0 spiro atoms. The number of nitrogens with zero attached hydrogens (tertiary/aromatic N) is 2. The molecule has 0 bridgehead atoms. The van der Waals surface area contributed by atoms with Gasteiger partial charge in [-0.3, -0.25) is 4.79 Å². The van der Waals surface area contributed by atoms with Gasteiger partial charge in [-0.2, -0.15) is 0 Å². The first-order chi connectivity index (χ1) is 9.44. The number of hydrogen-bond acceptors (Lipinski definition) is 2. The van der Waals surface area contributed by atoms with Gasteiger partial charge in [0, 0.05) is 33.0 Å². The Morgan fingerprint density at radius 2 is 1.85 bits per heavy atom. The lowest BCUT2D eigenvalue weighted by Gasteiger charge is -2.37. The molecular weight excluding hydrogens is 255 g/mol. The second-order valence-electron chi connectivity index (χ2n) is 5.77. The Labute approximate surface area is 120 Å². The summed E-state index contributed by atoms with van der Waals surface area (Å²) in [6.45, 7) is 3.21. The van der Waals surface area contributed by atoms with Crippen molar-refractivity contribution in [2.75, 3.05) is 27.2 Å². The Hall–Kier alpha value is -1.42. The summed E-state index contributed by atoms with van der Waals surface area (Å²) in [5, 5.41) is 0. The van der Waals surface area contributed by atoms with Crippen molar-refractivity contribution in [3.8, 4) is 0 Å². The Morgan fingerprint density at radius 3 is 2.40 bits per heavy atom. The predicted molar refractivity (Wildman–Crippen MR) is 78.2 cm³/mol. The molecule has 0 aromatic heterocycles. The van der Waals surface area contributed by atoms with Crippen LogP contribution in [-0.2, 0) is 4.79 Å². The molecule has 1 aromatic carbocycles. The summed E-state index contributed by atoms with van der Waals surface area (Å²) >= 11 is 0. The van der Waals surface area contributed by atoms with Crippen molar-refractivity contribution in [2.45, 2.75) is 31.5 Å². The molecule has 1 aliphatic heterocycles. The molecule has 2 rings (SSSR count). The Balaban J connectivity index is 2.08. The topological polar surface area (TPSA) is 23.6 Å². The van der Waals surface area contributed by atoms with E-state index in [1.54, 1.807) is 11.9 Å². The molecule has 3 nitrogen and oxygen atoms in total. The van der Waals surface area contributed by atoms with Crippen LogP contribution in [0.1, 0.15) is 31.4 Å². The number of hydrogen-bond donors (Lipinski definition) is 0. The Morgan fingerprint density at radius 1 is 1.30 bits per heavy atom. The zero-order valence-electron chi connectivity index (χ0n) is 12.5.